The number of hydrogen-bond acceptors (Lipinski definition) is 3. The second-order valence-electron chi connectivity index (χ2n) is 20.0. The molecule has 0 radical (unpaired) electrons. The molecule has 4 heteroatoms. The standard InChI is InChI=1S/C55H53BN2S/c1-34-30-44-40-26-22-38(55(8,9)10)33-47(40)58(39-24-20-36(21-25-39)53(2,3)4)56-45-28-27-42-41-18-14-15-19-49(41)59-52(42)51(45)57(48(31-34)50(44)56)46-29-23-37(54(5,6)7)32-43(46)35-16-12-11-13-17-35/h11-33H,1-10H3. The number of benzene rings is 7. The molecule has 0 aliphatic carbocycles. The fourth-order valence-corrected chi connectivity index (χ4v) is 10.8. The summed E-state index contributed by atoms with van der Waals surface area (Å²) in [5.74, 6) is 0. The van der Waals surface area contributed by atoms with Gasteiger partial charge in [-0.1, -0.05) is 159 Å². The molecule has 0 N–H and O–H groups in total. The van der Waals surface area contributed by atoms with Gasteiger partial charge >= 0.3 is 6.85 Å². The molecular formula is C55H53BN2S. The van der Waals surface area contributed by atoms with Crippen LogP contribution in [-0.4, -0.2) is 6.85 Å². The van der Waals surface area contributed by atoms with E-state index < -0.39 is 0 Å². The zero-order valence-electron chi connectivity index (χ0n) is 36.2. The smallest absolute Gasteiger partial charge is 0.333 e. The van der Waals surface area contributed by atoms with E-state index in [1.807, 2.05) is 11.3 Å². The number of nitrogens with zero attached hydrogens (tertiary/aromatic N) is 2. The highest BCUT2D eigenvalue weighted by molar-refractivity contribution is 7.26. The lowest BCUT2D eigenvalue weighted by Crippen LogP contribution is -2.61. The molecule has 0 saturated heterocycles. The predicted octanol–water partition coefficient (Wildman–Crippen LogP) is 14.6. The Hall–Kier alpha value is -5.58. The molecule has 0 bridgehead atoms. The van der Waals surface area contributed by atoms with Gasteiger partial charge in [-0.25, -0.2) is 0 Å². The minimum atomic E-state index is -0.0568. The molecule has 0 unspecified atom stereocenters. The lowest BCUT2D eigenvalue weighted by Gasteiger charge is -2.46. The Kier molecular flexibility index (Phi) is 8.44. The molecule has 0 saturated carbocycles. The molecule has 59 heavy (non-hydrogen) atoms. The van der Waals surface area contributed by atoms with Crippen molar-refractivity contribution in [3.05, 3.63) is 162 Å². The van der Waals surface area contributed by atoms with Crippen LogP contribution in [-0.2, 0) is 16.2 Å². The topological polar surface area (TPSA) is 6.48 Å². The van der Waals surface area contributed by atoms with Crippen molar-refractivity contribution in [2.45, 2.75) is 85.5 Å². The second kappa shape index (κ2) is 13.2. The van der Waals surface area contributed by atoms with Gasteiger partial charge in [0.15, 0.2) is 0 Å². The average molecular weight is 785 g/mol. The summed E-state index contributed by atoms with van der Waals surface area (Å²) in [6.45, 7) is 23.1. The normalized spacial score (nSPS) is 13.8. The van der Waals surface area contributed by atoms with E-state index in [0.717, 1.165) is 0 Å². The lowest BCUT2D eigenvalue weighted by atomic mass is 9.43. The van der Waals surface area contributed by atoms with Crippen molar-refractivity contribution < 1.29 is 0 Å². The first-order chi connectivity index (χ1) is 28.1. The van der Waals surface area contributed by atoms with Gasteiger partial charge in [-0.15, -0.1) is 11.3 Å². The van der Waals surface area contributed by atoms with Crippen molar-refractivity contribution in [2.75, 3.05) is 9.71 Å². The molecule has 7 aromatic carbocycles. The molecule has 0 spiro atoms. The molecule has 0 atom stereocenters. The van der Waals surface area contributed by atoms with Crippen LogP contribution >= 0.6 is 11.3 Å². The Morgan fingerprint density at radius 1 is 0.492 bits per heavy atom. The Labute approximate surface area is 355 Å². The van der Waals surface area contributed by atoms with Crippen LogP contribution in [0, 0.1) is 6.92 Å². The van der Waals surface area contributed by atoms with Crippen LogP contribution in [0.2, 0.25) is 0 Å². The van der Waals surface area contributed by atoms with Gasteiger partial charge in [0.25, 0.3) is 0 Å². The van der Waals surface area contributed by atoms with Gasteiger partial charge < -0.3 is 9.71 Å². The van der Waals surface area contributed by atoms with E-state index >= 15 is 0 Å². The van der Waals surface area contributed by atoms with E-state index in [1.165, 1.54) is 104 Å². The quantitative estimate of drug-likeness (QED) is 0.165. The molecule has 0 fully saturated rings. The SMILES string of the molecule is Cc1cc2c3c(c1)N(c1ccc(C(C)(C)C)cc1-c1ccccc1)c1c(ccc4c1sc1ccccc14)B3N(c1ccc(C(C)(C)C)cc1)c1cc(C(C)(C)C)ccc1-2. The number of aryl methyl sites for hydroxylation is 1. The number of thiophene rings is 1. The van der Waals surface area contributed by atoms with Crippen molar-refractivity contribution in [3.8, 4) is 22.3 Å². The minimum absolute atomic E-state index is 0.00708. The van der Waals surface area contributed by atoms with Crippen molar-refractivity contribution in [1.29, 1.82) is 0 Å². The van der Waals surface area contributed by atoms with Crippen LogP contribution in [0.5, 0.6) is 0 Å². The number of rotatable bonds is 3. The highest BCUT2D eigenvalue weighted by atomic mass is 32.1. The van der Waals surface area contributed by atoms with Gasteiger partial charge in [-0.3, -0.25) is 0 Å². The van der Waals surface area contributed by atoms with Gasteiger partial charge in [0, 0.05) is 43.7 Å². The van der Waals surface area contributed by atoms with E-state index in [2.05, 4.69) is 218 Å². The van der Waals surface area contributed by atoms with E-state index in [4.69, 9.17) is 0 Å². The Morgan fingerprint density at radius 2 is 1.14 bits per heavy atom. The third kappa shape index (κ3) is 6.05. The first kappa shape index (κ1) is 37.7. The van der Waals surface area contributed by atoms with Crippen LogP contribution in [0.1, 0.15) is 84.6 Å². The zero-order chi connectivity index (χ0) is 41.2. The fraction of sp³-hybridized carbons (Fsp3) is 0.236. The predicted molar refractivity (Wildman–Crippen MR) is 259 cm³/mol. The van der Waals surface area contributed by atoms with Gasteiger partial charge in [0.05, 0.1) is 16.1 Å². The Balaban J connectivity index is 1.35. The molecule has 1 aromatic heterocycles. The summed E-state index contributed by atoms with van der Waals surface area (Å²) >= 11 is 1.93. The first-order valence-electron chi connectivity index (χ1n) is 21.2. The maximum Gasteiger partial charge on any atom is 0.333 e. The third-order valence-corrected chi connectivity index (χ3v) is 14.0. The Morgan fingerprint density at radius 3 is 1.85 bits per heavy atom. The Bertz CT molecular complexity index is 2950. The summed E-state index contributed by atoms with van der Waals surface area (Å²) in [5.41, 5.74) is 19.3. The van der Waals surface area contributed by atoms with Crippen molar-refractivity contribution >= 4 is 77.7 Å². The maximum atomic E-state index is 2.67. The molecule has 0 amide bonds. The largest absolute Gasteiger partial charge is 0.376 e. The van der Waals surface area contributed by atoms with Crippen LogP contribution in [0.4, 0.5) is 28.4 Å². The van der Waals surface area contributed by atoms with Crippen LogP contribution in [0.15, 0.2) is 140 Å². The van der Waals surface area contributed by atoms with Crippen LogP contribution in [0.25, 0.3) is 42.4 Å². The molecule has 10 rings (SSSR count). The van der Waals surface area contributed by atoms with E-state index in [0.29, 0.717) is 0 Å². The minimum Gasteiger partial charge on any atom is -0.376 e. The molecule has 2 nitrogen and oxygen atoms in total. The number of hydrogen-bond donors (Lipinski definition) is 0. The van der Waals surface area contributed by atoms with Crippen molar-refractivity contribution in [1.82, 2.24) is 0 Å². The molecular weight excluding hydrogens is 731 g/mol. The molecule has 2 aliphatic rings. The fourth-order valence-electron chi connectivity index (χ4n) is 9.53. The summed E-state index contributed by atoms with van der Waals surface area (Å²) < 4.78 is 2.64. The third-order valence-electron chi connectivity index (χ3n) is 12.8. The van der Waals surface area contributed by atoms with Gasteiger partial charge in [0.2, 0.25) is 0 Å². The molecule has 292 valence electrons. The van der Waals surface area contributed by atoms with E-state index in [9.17, 15) is 0 Å². The van der Waals surface area contributed by atoms with Crippen molar-refractivity contribution in [2.24, 2.45) is 0 Å². The highest BCUT2D eigenvalue weighted by Gasteiger charge is 2.46. The molecule has 8 aromatic rings. The average Bonchev–Trinajstić information content (AvgIpc) is 3.59. The molecule has 2 aliphatic heterocycles. The summed E-state index contributed by atoms with van der Waals surface area (Å²) in [6.07, 6.45) is 0. The van der Waals surface area contributed by atoms with E-state index in [1.54, 1.807) is 0 Å². The van der Waals surface area contributed by atoms with Gasteiger partial charge in [0.1, 0.15) is 0 Å². The monoisotopic (exact) mass is 784 g/mol. The summed E-state index contributed by atoms with van der Waals surface area (Å²) in [4.78, 5) is 5.33. The van der Waals surface area contributed by atoms with Crippen molar-refractivity contribution in [3.63, 3.8) is 0 Å². The number of anilines is 5. The lowest BCUT2D eigenvalue weighted by molar-refractivity contribution is 0.590. The highest BCUT2D eigenvalue weighted by Crippen LogP contribution is 2.52. The van der Waals surface area contributed by atoms with Crippen LogP contribution < -0.4 is 20.6 Å². The first-order valence-corrected chi connectivity index (χ1v) is 22.0. The van der Waals surface area contributed by atoms with Gasteiger partial charge in [-0.2, -0.15) is 0 Å². The molecule has 3 heterocycles. The van der Waals surface area contributed by atoms with Gasteiger partial charge in [-0.05, 0) is 110 Å². The summed E-state index contributed by atoms with van der Waals surface area (Å²) in [7, 11) is 0. The maximum absolute atomic E-state index is 2.67. The number of fused-ring (bicyclic) bond motifs is 8. The van der Waals surface area contributed by atoms with E-state index in [-0.39, 0.29) is 23.1 Å². The summed E-state index contributed by atoms with van der Waals surface area (Å²) in [5, 5.41) is 2.63. The second-order valence-corrected chi connectivity index (χ2v) is 21.0. The summed E-state index contributed by atoms with van der Waals surface area (Å²) in [6, 6.07) is 53.7. The van der Waals surface area contributed by atoms with Crippen LogP contribution in [0.3, 0.4) is 0 Å². The zero-order valence-corrected chi connectivity index (χ0v) is 37.0.